The highest BCUT2D eigenvalue weighted by Gasteiger charge is 2.16. The first-order valence-corrected chi connectivity index (χ1v) is 8.55. The van der Waals surface area contributed by atoms with E-state index in [4.69, 9.17) is 4.74 Å². The lowest BCUT2D eigenvalue weighted by Crippen LogP contribution is -2.33. The number of nitrogens with zero attached hydrogens (tertiary/aromatic N) is 2. The number of nitrogens with one attached hydrogen (secondary N) is 1. The summed E-state index contributed by atoms with van der Waals surface area (Å²) in [6, 6.07) is 9.77. The van der Waals surface area contributed by atoms with Gasteiger partial charge in [0.15, 0.2) is 0 Å². The van der Waals surface area contributed by atoms with Crippen molar-refractivity contribution in [3.05, 3.63) is 53.9 Å². The Morgan fingerprint density at radius 3 is 2.52 bits per heavy atom. The van der Waals surface area contributed by atoms with E-state index in [0.29, 0.717) is 17.9 Å². The minimum Gasteiger partial charge on any atom is -0.491 e. The number of anilines is 1. The van der Waals surface area contributed by atoms with Crippen LogP contribution >= 0.6 is 0 Å². The molecular formula is C20H27N3O2. The summed E-state index contributed by atoms with van der Waals surface area (Å²) in [5, 5.41) is 3.36. The molecule has 0 bridgehead atoms. The van der Waals surface area contributed by atoms with Gasteiger partial charge < -0.3 is 15.0 Å². The maximum atomic E-state index is 12.5. The van der Waals surface area contributed by atoms with Gasteiger partial charge in [-0.05, 0) is 63.6 Å². The number of carbonyl (C=O) groups is 1. The quantitative estimate of drug-likeness (QED) is 0.833. The molecule has 1 heterocycles. The van der Waals surface area contributed by atoms with Crippen molar-refractivity contribution in [2.45, 2.75) is 39.8 Å². The maximum absolute atomic E-state index is 12.5. The van der Waals surface area contributed by atoms with Crippen LogP contribution in [0.3, 0.4) is 0 Å². The number of hydrogen-bond acceptors (Lipinski definition) is 4. The second kappa shape index (κ2) is 8.51. The number of benzene rings is 1. The molecule has 25 heavy (non-hydrogen) atoms. The van der Waals surface area contributed by atoms with Gasteiger partial charge in [-0.3, -0.25) is 9.78 Å². The van der Waals surface area contributed by atoms with Gasteiger partial charge in [0.05, 0.1) is 6.04 Å². The van der Waals surface area contributed by atoms with E-state index < -0.39 is 0 Å². The Hall–Kier alpha value is -2.56. The van der Waals surface area contributed by atoms with Crippen molar-refractivity contribution in [3.8, 4) is 5.75 Å². The van der Waals surface area contributed by atoms with Crippen molar-refractivity contribution in [3.63, 3.8) is 0 Å². The molecular weight excluding hydrogens is 314 g/mol. The van der Waals surface area contributed by atoms with E-state index in [1.165, 1.54) is 0 Å². The normalized spacial score (nSPS) is 11.9. The molecule has 1 amide bonds. The fourth-order valence-electron chi connectivity index (χ4n) is 2.39. The summed E-state index contributed by atoms with van der Waals surface area (Å²) in [5.74, 6) is 0.718. The number of aryl methyl sites for hydroxylation is 1. The van der Waals surface area contributed by atoms with Crippen LogP contribution in [0.4, 0.5) is 5.69 Å². The van der Waals surface area contributed by atoms with Crippen molar-refractivity contribution >= 4 is 11.6 Å². The predicted octanol–water partition coefficient (Wildman–Crippen LogP) is 3.75. The fraction of sp³-hybridized carbons (Fsp3) is 0.400. The number of amides is 1. The highest BCUT2D eigenvalue weighted by molar-refractivity contribution is 5.94. The van der Waals surface area contributed by atoms with Crippen LogP contribution in [0.5, 0.6) is 5.75 Å². The van der Waals surface area contributed by atoms with Crippen LogP contribution in [0, 0.1) is 6.92 Å². The Bertz CT molecular complexity index is 701. The van der Waals surface area contributed by atoms with Crippen LogP contribution in [-0.4, -0.2) is 41.5 Å². The van der Waals surface area contributed by atoms with Crippen molar-refractivity contribution < 1.29 is 9.53 Å². The molecule has 0 spiro atoms. The molecule has 2 rings (SSSR count). The van der Waals surface area contributed by atoms with Gasteiger partial charge in [-0.25, -0.2) is 0 Å². The Morgan fingerprint density at radius 1 is 1.20 bits per heavy atom. The molecule has 0 saturated heterocycles. The third kappa shape index (κ3) is 5.48. The summed E-state index contributed by atoms with van der Waals surface area (Å²) in [5.41, 5.74) is 2.67. The van der Waals surface area contributed by atoms with Gasteiger partial charge in [0.2, 0.25) is 0 Å². The van der Waals surface area contributed by atoms with Crippen LogP contribution < -0.4 is 10.1 Å². The minimum absolute atomic E-state index is 0.00603. The highest BCUT2D eigenvalue weighted by atomic mass is 16.5. The third-order valence-corrected chi connectivity index (χ3v) is 3.99. The van der Waals surface area contributed by atoms with E-state index in [0.717, 1.165) is 11.3 Å². The minimum atomic E-state index is 0.00603. The highest BCUT2D eigenvalue weighted by Crippen LogP contribution is 2.19. The molecule has 0 fully saturated rings. The number of aromatic nitrogens is 1. The topological polar surface area (TPSA) is 54.5 Å². The number of hydrogen-bond donors (Lipinski definition) is 1. The molecule has 1 atom stereocenters. The van der Waals surface area contributed by atoms with E-state index in [-0.39, 0.29) is 18.0 Å². The zero-order chi connectivity index (χ0) is 18.4. The van der Waals surface area contributed by atoms with Gasteiger partial charge in [-0.1, -0.05) is 0 Å². The summed E-state index contributed by atoms with van der Waals surface area (Å²) in [6.07, 6.45) is 3.50. The molecule has 1 unspecified atom stereocenters. The molecule has 5 nitrogen and oxygen atoms in total. The molecule has 1 N–H and O–H groups in total. The Labute approximate surface area is 150 Å². The van der Waals surface area contributed by atoms with Gasteiger partial charge >= 0.3 is 0 Å². The van der Waals surface area contributed by atoms with E-state index in [2.05, 4.69) is 17.2 Å². The largest absolute Gasteiger partial charge is 0.491 e. The van der Waals surface area contributed by atoms with Gasteiger partial charge in [0.25, 0.3) is 5.91 Å². The molecule has 5 heteroatoms. The Balaban J connectivity index is 2.01. The van der Waals surface area contributed by atoms with Gasteiger partial charge in [0.1, 0.15) is 12.4 Å². The first kappa shape index (κ1) is 18.8. The first-order valence-electron chi connectivity index (χ1n) is 8.55. The lowest BCUT2D eigenvalue weighted by Gasteiger charge is -2.22. The molecule has 0 aliphatic carbocycles. The zero-order valence-corrected chi connectivity index (χ0v) is 15.6. The third-order valence-electron chi connectivity index (χ3n) is 3.99. The molecule has 0 aliphatic rings. The lowest BCUT2D eigenvalue weighted by atomic mass is 10.1. The van der Waals surface area contributed by atoms with Crippen LogP contribution in [0.2, 0.25) is 0 Å². The van der Waals surface area contributed by atoms with Gasteiger partial charge in [0, 0.05) is 36.7 Å². The molecule has 1 aromatic carbocycles. The number of rotatable bonds is 7. The van der Waals surface area contributed by atoms with Gasteiger partial charge in [-0.15, -0.1) is 0 Å². The Kier molecular flexibility index (Phi) is 6.39. The predicted molar refractivity (Wildman–Crippen MR) is 101 cm³/mol. The zero-order valence-electron chi connectivity index (χ0n) is 15.6. The first-order chi connectivity index (χ1) is 11.9. The second-order valence-electron chi connectivity index (χ2n) is 6.64. The van der Waals surface area contributed by atoms with E-state index >= 15 is 0 Å². The number of pyridine rings is 1. The van der Waals surface area contributed by atoms with Crippen molar-refractivity contribution in [2.75, 3.05) is 19.0 Å². The molecule has 0 radical (unpaired) electrons. The standard InChI is InChI=1S/C20H27N3O2/c1-14(2)23(5)20(24)17-10-15(3)11-19(12-17)25-13-16(4)22-18-6-8-21-9-7-18/h6-12,14,16H,13H2,1-5H3,(H,21,22). The molecule has 0 aliphatic heterocycles. The Morgan fingerprint density at radius 2 is 1.88 bits per heavy atom. The molecule has 0 saturated carbocycles. The summed E-state index contributed by atoms with van der Waals surface area (Å²) >= 11 is 0. The fourth-order valence-corrected chi connectivity index (χ4v) is 2.39. The summed E-state index contributed by atoms with van der Waals surface area (Å²) < 4.78 is 5.90. The van der Waals surface area contributed by atoms with E-state index in [9.17, 15) is 4.79 Å². The lowest BCUT2D eigenvalue weighted by molar-refractivity contribution is 0.0754. The van der Waals surface area contributed by atoms with Crippen LogP contribution in [0.25, 0.3) is 0 Å². The summed E-state index contributed by atoms with van der Waals surface area (Å²) in [6.45, 7) is 8.51. The molecule has 134 valence electrons. The van der Waals surface area contributed by atoms with Gasteiger partial charge in [-0.2, -0.15) is 0 Å². The van der Waals surface area contributed by atoms with Crippen LogP contribution in [0.1, 0.15) is 36.7 Å². The molecule has 2 aromatic rings. The van der Waals surface area contributed by atoms with E-state index in [1.807, 2.05) is 58.2 Å². The smallest absolute Gasteiger partial charge is 0.253 e. The average molecular weight is 341 g/mol. The van der Waals surface area contributed by atoms with Crippen molar-refractivity contribution in [2.24, 2.45) is 0 Å². The van der Waals surface area contributed by atoms with E-state index in [1.54, 1.807) is 17.3 Å². The molecule has 1 aromatic heterocycles. The SMILES string of the molecule is Cc1cc(OCC(C)Nc2ccncc2)cc(C(=O)N(C)C(C)C)c1. The summed E-state index contributed by atoms with van der Waals surface area (Å²) in [4.78, 5) is 18.3. The van der Waals surface area contributed by atoms with Crippen LogP contribution in [0.15, 0.2) is 42.7 Å². The number of ether oxygens (including phenoxy) is 1. The average Bonchev–Trinajstić information content (AvgIpc) is 2.59. The summed E-state index contributed by atoms with van der Waals surface area (Å²) in [7, 11) is 1.82. The number of carbonyl (C=O) groups excluding carboxylic acids is 1. The van der Waals surface area contributed by atoms with Crippen LogP contribution in [-0.2, 0) is 0 Å². The van der Waals surface area contributed by atoms with Crippen molar-refractivity contribution in [1.82, 2.24) is 9.88 Å². The maximum Gasteiger partial charge on any atom is 0.253 e. The second-order valence-corrected chi connectivity index (χ2v) is 6.64. The monoisotopic (exact) mass is 341 g/mol. The van der Waals surface area contributed by atoms with Crippen molar-refractivity contribution in [1.29, 1.82) is 0 Å².